The Balaban J connectivity index is 1.73. The third kappa shape index (κ3) is 3.58. The van der Waals surface area contributed by atoms with Crippen molar-refractivity contribution in [2.75, 3.05) is 4.72 Å². The van der Waals surface area contributed by atoms with Crippen molar-refractivity contribution < 1.29 is 17.2 Å². The number of aryl methyl sites for hydroxylation is 2. The van der Waals surface area contributed by atoms with E-state index in [1.54, 1.807) is 19.1 Å². The second kappa shape index (κ2) is 6.97. The number of hydrogen-bond donors (Lipinski definition) is 1. The molecule has 0 fully saturated rings. The molecule has 4 aromatic rings. The van der Waals surface area contributed by atoms with Crippen molar-refractivity contribution in [3.05, 3.63) is 83.7 Å². The molecule has 148 valence electrons. The lowest BCUT2D eigenvalue weighted by molar-refractivity contribution is 0.504. The van der Waals surface area contributed by atoms with Crippen molar-refractivity contribution in [3.8, 4) is 11.3 Å². The highest BCUT2D eigenvalue weighted by molar-refractivity contribution is 7.92. The highest BCUT2D eigenvalue weighted by Crippen LogP contribution is 2.28. The Labute approximate surface area is 166 Å². The van der Waals surface area contributed by atoms with Gasteiger partial charge >= 0.3 is 0 Å². The molecule has 0 saturated heterocycles. The molecule has 0 radical (unpaired) electrons. The van der Waals surface area contributed by atoms with Crippen LogP contribution in [0.25, 0.3) is 16.9 Å². The Morgan fingerprint density at radius 3 is 2.48 bits per heavy atom. The number of imidazole rings is 1. The van der Waals surface area contributed by atoms with Crippen LogP contribution in [0.1, 0.15) is 11.1 Å². The van der Waals surface area contributed by atoms with Gasteiger partial charge in [0.15, 0.2) is 11.6 Å². The second-order valence-electron chi connectivity index (χ2n) is 6.76. The van der Waals surface area contributed by atoms with Crippen LogP contribution in [-0.4, -0.2) is 17.8 Å². The van der Waals surface area contributed by atoms with Crippen LogP contribution in [0.4, 0.5) is 14.5 Å². The molecule has 1 N–H and O–H groups in total. The predicted octanol–water partition coefficient (Wildman–Crippen LogP) is 4.70. The number of rotatable bonds is 4. The van der Waals surface area contributed by atoms with E-state index in [2.05, 4.69) is 9.71 Å². The third-order valence-corrected chi connectivity index (χ3v) is 6.02. The average Bonchev–Trinajstić information content (AvgIpc) is 3.11. The first-order valence-electron chi connectivity index (χ1n) is 8.78. The molecule has 8 heteroatoms. The second-order valence-corrected chi connectivity index (χ2v) is 8.44. The lowest BCUT2D eigenvalue weighted by Gasteiger charge is -2.12. The molecule has 0 aliphatic heterocycles. The summed E-state index contributed by atoms with van der Waals surface area (Å²) in [6.07, 6.45) is 3.75. The van der Waals surface area contributed by atoms with Crippen LogP contribution in [0.5, 0.6) is 0 Å². The molecule has 29 heavy (non-hydrogen) atoms. The van der Waals surface area contributed by atoms with E-state index in [1.165, 1.54) is 0 Å². The van der Waals surface area contributed by atoms with E-state index in [9.17, 15) is 17.2 Å². The molecule has 0 amide bonds. The molecule has 2 aromatic carbocycles. The van der Waals surface area contributed by atoms with E-state index in [4.69, 9.17) is 0 Å². The van der Waals surface area contributed by atoms with Crippen molar-refractivity contribution >= 4 is 21.4 Å². The third-order valence-electron chi connectivity index (χ3n) is 4.66. The van der Waals surface area contributed by atoms with Gasteiger partial charge in [0.2, 0.25) is 0 Å². The lowest BCUT2D eigenvalue weighted by Crippen LogP contribution is -2.14. The predicted molar refractivity (Wildman–Crippen MR) is 107 cm³/mol. The van der Waals surface area contributed by atoms with E-state index in [-0.39, 0.29) is 4.90 Å². The summed E-state index contributed by atoms with van der Waals surface area (Å²) in [5.41, 5.74) is 4.26. The van der Waals surface area contributed by atoms with Crippen LogP contribution in [-0.2, 0) is 10.0 Å². The Morgan fingerprint density at radius 2 is 1.76 bits per heavy atom. The highest BCUT2D eigenvalue weighted by atomic mass is 32.2. The maximum Gasteiger partial charge on any atom is 0.262 e. The van der Waals surface area contributed by atoms with Crippen molar-refractivity contribution in [2.24, 2.45) is 0 Å². The molecule has 0 bridgehead atoms. The summed E-state index contributed by atoms with van der Waals surface area (Å²) < 4.78 is 56.2. The number of fused-ring (bicyclic) bond motifs is 1. The van der Waals surface area contributed by atoms with Crippen LogP contribution >= 0.6 is 0 Å². The molecule has 0 atom stereocenters. The number of benzene rings is 2. The topological polar surface area (TPSA) is 63.5 Å². The summed E-state index contributed by atoms with van der Waals surface area (Å²) in [5.74, 6) is -2.33. The first-order valence-corrected chi connectivity index (χ1v) is 10.3. The molecule has 0 aliphatic rings. The number of anilines is 1. The quantitative estimate of drug-likeness (QED) is 0.528. The zero-order chi connectivity index (χ0) is 20.8. The number of hydrogen-bond acceptors (Lipinski definition) is 3. The highest BCUT2D eigenvalue weighted by Gasteiger charge is 2.18. The van der Waals surface area contributed by atoms with Gasteiger partial charge in [-0.25, -0.2) is 22.2 Å². The first-order chi connectivity index (χ1) is 13.7. The molecule has 0 aliphatic carbocycles. The van der Waals surface area contributed by atoms with E-state index >= 15 is 0 Å². The van der Waals surface area contributed by atoms with Gasteiger partial charge in [0.05, 0.1) is 16.3 Å². The van der Waals surface area contributed by atoms with Crippen LogP contribution in [0.2, 0.25) is 0 Å². The van der Waals surface area contributed by atoms with E-state index in [0.717, 1.165) is 28.9 Å². The summed E-state index contributed by atoms with van der Waals surface area (Å²) in [7, 11) is -4.09. The molecule has 0 spiro atoms. The molecule has 0 saturated carbocycles. The van der Waals surface area contributed by atoms with Crippen molar-refractivity contribution in [1.82, 2.24) is 9.38 Å². The number of nitrogens with zero attached hydrogens (tertiary/aromatic N) is 2. The monoisotopic (exact) mass is 413 g/mol. The van der Waals surface area contributed by atoms with Crippen LogP contribution in [0.3, 0.4) is 0 Å². The molecule has 0 unspecified atom stereocenters. The van der Waals surface area contributed by atoms with Gasteiger partial charge in [-0.05, 0) is 55.3 Å². The smallest absolute Gasteiger partial charge is 0.262 e. The summed E-state index contributed by atoms with van der Waals surface area (Å²) in [5, 5.41) is 0. The summed E-state index contributed by atoms with van der Waals surface area (Å²) in [6, 6.07) is 11.6. The Hall–Kier alpha value is -3.26. The average molecular weight is 413 g/mol. The number of halogens is 2. The molecule has 2 heterocycles. The van der Waals surface area contributed by atoms with Gasteiger partial charge < -0.3 is 4.40 Å². The maximum atomic E-state index is 13.5. The number of aromatic nitrogens is 2. The van der Waals surface area contributed by atoms with Crippen LogP contribution in [0.15, 0.2) is 65.8 Å². The van der Waals surface area contributed by atoms with E-state index in [0.29, 0.717) is 23.0 Å². The van der Waals surface area contributed by atoms with Crippen molar-refractivity contribution in [3.63, 3.8) is 0 Å². The van der Waals surface area contributed by atoms with Crippen LogP contribution in [0, 0.1) is 25.5 Å². The fourth-order valence-corrected chi connectivity index (χ4v) is 4.16. The number of nitrogens with one attached hydrogen (secondary N) is 1. The maximum absolute atomic E-state index is 13.5. The van der Waals surface area contributed by atoms with Gasteiger partial charge in [-0.15, -0.1) is 0 Å². The molecular weight excluding hydrogens is 396 g/mol. The normalized spacial score (nSPS) is 11.7. The molecule has 4 rings (SSSR count). The van der Waals surface area contributed by atoms with Gasteiger partial charge in [0.1, 0.15) is 5.65 Å². The molecular formula is C21H17F2N3O2S. The Morgan fingerprint density at radius 1 is 0.966 bits per heavy atom. The van der Waals surface area contributed by atoms with E-state index in [1.807, 2.05) is 41.9 Å². The fraction of sp³-hybridized carbons (Fsp3) is 0.0952. The standard InChI is InChI=1S/C21H17F2N3O2S/c1-13-5-6-15(20-12-26-9-3-4-14(2)21(26)24-20)10-19(13)25-29(27,28)16-7-8-17(22)18(23)11-16/h3-12,25H,1-2H3. The minimum atomic E-state index is -4.09. The zero-order valence-electron chi connectivity index (χ0n) is 15.6. The summed E-state index contributed by atoms with van der Waals surface area (Å²) >= 11 is 0. The molecule has 2 aromatic heterocycles. The number of sulfonamides is 1. The lowest BCUT2D eigenvalue weighted by atomic mass is 10.1. The Kier molecular flexibility index (Phi) is 4.58. The van der Waals surface area contributed by atoms with Crippen molar-refractivity contribution in [1.29, 1.82) is 0 Å². The minimum absolute atomic E-state index is 0.334. The zero-order valence-corrected chi connectivity index (χ0v) is 16.5. The largest absolute Gasteiger partial charge is 0.306 e. The van der Waals surface area contributed by atoms with Gasteiger partial charge in [0.25, 0.3) is 10.0 Å². The number of pyridine rings is 1. The SMILES string of the molecule is Cc1ccc(-c2cn3cccc(C)c3n2)cc1NS(=O)(=O)c1ccc(F)c(F)c1. The van der Waals surface area contributed by atoms with Crippen LogP contribution < -0.4 is 4.72 Å². The summed E-state index contributed by atoms with van der Waals surface area (Å²) in [6.45, 7) is 3.71. The minimum Gasteiger partial charge on any atom is -0.306 e. The van der Waals surface area contributed by atoms with Gasteiger partial charge in [-0.3, -0.25) is 4.72 Å². The van der Waals surface area contributed by atoms with Gasteiger partial charge in [-0.2, -0.15) is 0 Å². The van der Waals surface area contributed by atoms with Gasteiger partial charge in [-0.1, -0.05) is 18.2 Å². The fourth-order valence-electron chi connectivity index (χ4n) is 3.03. The molecule has 5 nitrogen and oxygen atoms in total. The van der Waals surface area contributed by atoms with Gasteiger partial charge in [0, 0.05) is 18.0 Å². The van der Waals surface area contributed by atoms with Crippen molar-refractivity contribution in [2.45, 2.75) is 18.7 Å². The Bertz CT molecular complexity index is 1350. The van der Waals surface area contributed by atoms with E-state index < -0.39 is 21.7 Å². The first kappa shape index (κ1) is 19.1. The summed E-state index contributed by atoms with van der Waals surface area (Å²) in [4.78, 5) is 4.27.